The first-order chi connectivity index (χ1) is 7.63. The summed E-state index contributed by atoms with van der Waals surface area (Å²) < 4.78 is 0. The highest BCUT2D eigenvalue weighted by Crippen LogP contribution is 2.19. The Kier molecular flexibility index (Phi) is 4.15. The van der Waals surface area contributed by atoms with Crippen molar-refractivity contribution in [3.8, 4) is 5.75 Å². The number of phenols is 1. The maximum atomic E-state index is 11.2. The van der Waals surface area contributed by atoms with Crippen LogP contribution < -0.4 is 11.1 Å². The molecule has 0 heterocycles. The summed E-state index contributed by atoms with van der Waals surface area (Å²) in [5, 5.41) is 11.8. The predicted octanol–water partition coefficient (Wildman–Crippen LogP) is 1.29. The molecule has 0 unspecified atom stereocenters. The normalized spacial score (nSPS) is 10.2. The van der Waals surface area contributed by atoms with E-state index in [0.717, 1.165) is 0 Å². The molecule has 0 atom stereocenters. The van der Waals surface area contributed by atoms with Crippen LogP contribution in [0.4, 0.5) is 5.69 Å². The van der Waals surface area contributed by atoms with Gasteiger partial charge in [-0.05, 0) is 24.3 Å². The van der Waals surface area contributed by atoms with Gasteiger partial charge in [-0.1, -0.05) is 6.08 Å². The number of benzene rings is 1. The number of aromatic hydroxyl groups is 1. The van der Waals surface area contributed by atoms with E-state index in [0.29, 0.717) is 17.8 Å². The number of hydrogen-bond acceptors (Lipinski definition) is 3. The Morgan fingerprint density at radius 3 is 3.00 bits per heavy atom. The highest BCUT2D eigenvalue weighted by molar-refractivity contribution is 5.92. The number of amides is 1. The van der Waals surface area contributed by atoms with Crippen molar-refractivity contribution < 1.29 is 9.90 Å². The highest BCUT2D eigenvalue weighted by Gasteiger charge is 1.98. The van der Waals surface area contributed by atoms with Crippen LogP contribution in [0.5, 0.6) is 5.75 Å². The molecule has 0 spiro atoms. The van der Waals surface area contributed by atoms with E-state index in [1.165, 1.54) is 18.2 Å². The van der Waals surface area contributed by atoms with Crippen LogP contribution in [0.15, 0.2) is 36.9 Å². The summed E-state index contributed by atoms with van der Waals surface area (Å²) in [6.45, 7) is 3.90. The Hall–Kier alpha value is -2.23. The van der Waals surface area contributed by atoms with Crippen molar-refractivity contribution in [1.82, 2.24) is 5.32 Å². The first-order valence-electron chi connectivity index (χ1n) is 4.79. The van der Waals surface area contributed by atoms with Gasteiger partial charge in [0.1, 0.15) is 5.75 Å². The van der Waals surface area contributed by atoms with Gasteiger partial charge in [-0.3, -0.25) is 4.79 Å². The monoisotopic (exact) mass is 218 g/mol. The molecule has 0 aliphatic carbocycles. The predicted molar refractivity (Wildman–Crippen MR) is 64.8 cm³/mol. The standard InChI is InChI=1S/C12H14N2O2/c1-2-7-14-12(16)6-3-9-8-10(15)4-5-11(9)13/h2-6,8,15H,1,7,13H2,(H,14,16). The van der Waals surface area contributed by atoms with Crippen LogP contribution in [0.25, 0.3) is 6.08 Å². The van der Waals surface area contributed by atoms with E-state index in [-0.39, 0.29) is 11.7 Å². The smallest absolute Gasteiger partial charge is 0.244 e. The van der Waals surface area contributed by atoms with E-state index < -0.39 is 0 Å². The molecule has 0 aliphatic rings. The fourth-order valence-corrected chi connectivity index (χ4v) is 1.10. The van der Waals surface area contributed by atoms with Crippen LogP contribution >= 0.6 is 0 Å². The van der Waals surface area contributed by atoms with Gasteiger partial charge in [-0.25, -0.2) is 0 Å². The largest absolute Gasteiger partial charge is 0.508 e. The Morgan fingerprint density at radius 2 is 2.31 bits per heavy atom. The maximum absolute atomic E-state index is 11.2. The van der Waals surface area contributed by atoms with Crippen LogP contribution in [0.1, 0.15) is 5.56 Å². The lowest BCUT2D eigenvalue weighted by molar-refractivity contribution is -0.116. The summed E-state index contributed by atoms with van der Waals surface area (Å²) in [5.74, 6) is -0.122. The second kappa shape index (κ2) is 5.60. The van der Waals surface area contributed by atoms with E-state index in [2.05, 4.69) is 11.9 Å². The second-order valence-corrected chi connectivity index (χ2v) is 3.18. The van der Waals surface area contributed by atoms with Gasteiger partial charge in [0.05, 0.1) is 0 Å². The lowest BCUT2D eigenvalue weighted by atomic mass is 10.1. The van der Waals surface area contributed by atoms with E-state index in [4.69, 9.17) is 5.73 Å². The SMILES string of the molecule is C=CCNC(=O)C=Cc1cc(O)ccc1N. The molecular formula is C12H14N2O2. The number of nitrogens with one attached hydrogen (secondary N) is 1. The van der Waals surface area contributed by atoms with E-state index in [1.807, 2.05) is 0 Å². The van der Waals surface area contributed by atoms with E-state index in [1.54, 1.807) is 18.2 Å². The van der Waals surface area contributed by atoms with Crippen molar-refractivity contribution in [1.29, 1.82) is 0 Å². The molecule has 0 radical (unpaired) electrons. The summed E-state index contributed by atoms with van der Waals surface area (Å²) >= 11 is 0. The van der Waals surface area contributed by atoms with Crippen molar-refractivity contribution in [2.45, 2.75) is 0 Å². The molecule has 1 rings (SSSR count). The quantitative estimate of drug-likeness (QED) is 0.308. The molecule has 16 heavy (non-hydrogen) atoms. The minimum Gasteiger partial charge on any atom is -0.508 e. The Morgan fingerprint density at radius 1 is 1.56 bits per heavy atom. The Labute approximate surface area is 94.1 Å². The minimum atomic E-state index is -0.234. The lowest BCUT2D eigenvalue weighted by Gasteiger charge is -2.01. The van der Waals surface area contributed by atoms with Crippen LogP contribution in [0.3, 0.4) is 0 Å². The van der Waals surface area contributed by atoms with E-state index in [9.17, 15) is 9.90 Å². The summed E-state index contributed by atoms with van der Waals surface area (Å²) in [6, 6.07) is 4.56. The molecule has 4 nitrogen and oxygen atoms in total. The molecule has 4 heteroatoms. The maximum Gasteiger partial charge on any atom is 0.244 e. The number of hydrogen-bond donors (Lipinski definition) is 3. The molecule has 1 aromatic carbocycles. The van der Waals surface area contributed by atoms with Crippen molar-refractivity contribution in [3.63, 3.8) is 0 Å². The molecule has 0 fully saturated rings. The van der Waals surface area contributed by atoms with Gasteiger partial charge in [-0.2, -0.15) is 0 Å². The van der Waals surface area contributed by atoms with Crippen molar-refractivity contribution in [2.24, 2.45) is 0 Å². The Bertz CT molecular complexity index is 425. The van der Waals surface area contributed by atoms with Crippen molar-refractivity contribution in [2.75, 3.05) is 12.3 Å². The van der Waals surface area contributed by atoms with Crippen LogP contribution in [0, 0.1) is 0 Å². The van der Waals surface area contributed by atoms with Gasteiger partial charge < -0.3 is 16.2 Å². The molecule has 0 saturated carbocycles. The number of nitrogen functional groups attached to an aromatic ring is 1. The summed E-state index contributed by atoms with van der Waals surface area (Å²) in [5.41, 5.74) is 6.78. The van der Waals surface area contributed by atoms with Crippen LogP contribution in [-0.4, -0.2) is 17.6 Å². The fraction of sp³-hybridized carbons (Fsp3) is 0.0833. The van der Waals surface area contributed by atoms with Crippen LogP contribution in [0.2, 0.25) is 0 Å². The van der Waals surface area contributed by atoms with Crippen molar-refractivity contribution in [3.05, 3.63) is 42.5 Å². The third kappa shape index (κ3) is 3.49. The lowest BCUT2D eigenvalue weighted by Crippen LogP contribution is -2.20. The number of carbonyl (C=O) groups excluding carboxylic acids is 1. The zero-order valence-electron chi connectivity index (χ0n) is 8.81. The molecule has 1 aromatic rings. The molecule has 0 aromatic heterocycles. The van der Waals surface area contributed by atoms with E-state index >= 15 is 0 Å². The van der Waals surface area contributed by atoms with Gasteiger partial charge in [0, 0.05) is 23.9 Å². The van der Waals surface area contributed by atoms with Crippen LogP contribution in [-0.2, 0) is 4.79 Å². The first-order valence-corrected chi connectivity index (χ1v) is 4.79. The fourth-order valence-electron chi connectivity index (χ4n) is 1.10. The number of nitrogens with two attached hydrogens (primary N) is 1. The molecule has 4 N–H and O–H groups in total. The number of carbonyl (C=O) groups is 1. The summed E-state index contributed by atoms with van der Waals surface area (Å²) in [4.78, 5) is 11.2. The Balaban J connectivity index is 2.71. The van der Waals surface area contributed by atoms with Gasteiger partial charge in [0.25, 0.3) is 0 Å². The van der Waals surface area contributed by atoms with Gasteiger partial charge >= 0.3 is 0 Å². The zero-order valence-corrected chi connectivity index (χ0v) is 8.81. The summed E-state index contributed by atoms with van der Waals surface area (Å²) in [6.07, 6.45) is 4.50. The van der Waals surface area contributed by atoms with Gasteiger partial charge in [0.2, 0.25) is 5.91 Å². The van der Waals surface area contributed by atoms with Crippen molar-refractivity contribution >= 4 is 17.7 Å². The average molecular weight is 218 g/mol. The third-order valence-corrected chi connectivity index (χ3v) is 1.91. The average Bonchev–Trinajstić information content (AvgIpc) is 2.27. The number of rotatable bonds is 4. The molecule has 0 saturated heterocycles. The molecule has 1 amide bonds. The first kappa shape index (κ1) is 11.8. The minimum absolute atomic E-state index is 0.111. The number of phenolic OH excluding ortho intramolecular Hbond substituents is 1. The molecule has 0 bridgehead atoms. The zero-order chi connectivity index (χ0) is 12.0. The number of anilines is 1. The highest BCUT2D eigenvalue weighted by atomic mass is 16.3. The molecule has 84 valence electrons. The second-order valence-electron chi connectivity index (χ2n) is 3.18. The molecular weight excluding hydrogens is 204 g/mol. The van der Waals surface area contributed by atoms with Gasteiger partial charge in [0.15, 0.2) is 0 Å². The third-order valence-electron chi connectivity index (χ3n) is 1.91. The summed E-state index contributed by atoms with van der Waals surface area (Å²) in [7, 11) is 0. The van der Waals surface area contributed by atoms with Gasteiger partial charge in [-0.15, -0.1) is 6.58 Å². The molecule has 0 aliphatic heterocycles. The topological polar surface area (TPSA) is 75.3 Å².